The molecule has 0 spiro atoms. The number of halogens is 1. The minimum atomic E-state index is -1.05. The Labute approximate surface area is 104 Å². The fourth-order valence-corrected chi connectivity index (χ4v) is 1.58. The number of carbonyl (C=O) groups is 2. The van der Waals surface area contributed by atoms with Gasteiger partial charge in [0.05, 0.1) is 10.6 Å². The molecule has 0 aliphatic heterocycles. The van der Waals surface area contributed by atoms with Crippen LogP contribution >= 0.6 is 11.6 Å². The molecule has 0 saturated carbocycles. The van der Waals surface area contributed by atoms with Crippen molar-refractivity contribution in [2.45, 2.75) is 13.3 Å². The summed E-state index contributed by atoms with van der Waals surface area (Å²) < 4.78 is 0. The molecule has 6 heteroatoms. The van der Waals surface area contributed by atoms with Gasteiger partial charge in [0.15, 0.2) is 0 Å². The molecule has 0 aliphatic carbocycles. The van der Waals surface area contributed by atoms with E-state index in [4.69, 9.17) is 16.7 Å². The van der Waals surface area contributed by atoms with Crippen molar-refractivity contribution in [2.24, 2.45) is 0 Å². The predicted octanol–water partition coefficient (Wildman–Crippen LogP) is 1.67. The molecule has 1 N–H and O–H groups in total. The van der Waals surface area contributed by atoms with Crippen LogP contribution in [0.2, 0.25) is 5.02 Å². The Balaban J connectivity index is 2.91. The summed E-state index contributed by atoms with van der Waals surface area (Å²) in [4.78, 5) is 27.7. The van der Waals surface area contributed by atoms with Crippen LogP contribution in [0.25, 0.3) is 0 Å². The summed E-state index contributed by atoms with van der Waals surface area (Å²) in [7, 11) is 0. The van der Waals surface area contributed by atoms with Gasteiger partial charge in [0.1, 0.15) is 6.54 Å². The van der Waals surface area contributed by atoms with E-state index in [1.54, 1.807) is 0 Å². The van der Waals surface area contributed by atoms with Crippen molar-refractivity contribution in [3.05, 3.63) is 29.0 Å². The molecule has 5 nitrogen and oxygen atoms in total. The SMILES string of the molecule is CCCN(CC(=O)O)C(=O)c1cnccc1Cl. The standard InChI is InChI=1S/C11H13ClN2O3/c1-2-5-14(7-10(15)16)11(17)8-6-13-4-3-9(8)12/h3-4,6H,2,5,7H2,1H3,(H,15,16). The third-order valence-corrected chi connectivity index (χ3v) is 2.43. The molecule has 0 fully saturated rings. The lowest BCUT2D eigenvalue weighted by Crippen LogP contribution is -2.36. The van der Waals surface area contributed by atoms with Crippen LogP contribution in [0.1, 0.15) is 23.7 Å². The lowest BCUT2D eigenvalue weighted by atomic mass is 10.2. The van der Waals surface area contributed by atoms with Crippen LogP contribution in [-0.4, -0.2) is 40.0 Å². The topological polar surface area (TPSA) is 70.5 Å². The first kappa shape index (κ1) is 13.4. The summed E-state index contributed by atoms with van der Waals surface area (Å²) in [6, 6.07) is 1.50. The second kappa shape index (κ2) is 6.20. The fraction of sp³-hybridized carbons (Fsp3) is 0.364. The molecule has 0 atom stereocenters. The van der Waals surface area contributed by atoms with E-state index < -0.39 is 11.9 Å². The summed E-state index contributed by atoms with van der Waals surface area (Å²) in [6.07, 6.45) is 3.49. The first-order chi connectivity index (χ1) is 8.06. The van der Waals surface area contributed by atoms with Crippen molar-refractivity contribution in [1.82, 2.24) is 9.88 Å². The van der Waals surface area contributed by atoms with E-state index in [0.29, 0.717) is 13.0 Å². The van der Waals surface area contributed by atoms with Crippen LogP contribution in [0.15, 0.2) is 18.5 Å². The number of carbonyl (C=O) groups excluding carboxylic acids is 1. The number of aromatic nitrogens is 1. The molecule has 0 saturated heterocycles. The van der Waals surface area contributed by atoms with Gasteiger partial charge in [-0.05, 0) is 12.5 Å². The Morgan fingerprint density at radius 1 is 1.53 bits per heavy atom. The number of hydrogen-bond donors (Lipinski definition) is 1. The van der Waals surface area contributed by atoms with Gasteiger partial charge in [-0.25, -0.2) is 0 Å². The third kappa shape index (κ3) is 3.71. The highest BCUT2D eigenvalue weighted by Gasteiger charge is 2.19. The molecule has 1 aromatic heterocycles. The predicted molar refractivity (Wildman–Crippen MR) is 63.1 cm³/mol. The van der Waals surface area contributed by atoms with E-state index >= 15 is 0 Å². The molecule has 17 heavy (non-hydrogen) atoms. The van der Waals surface area contributed by atoms with Crippen LogP contribution in [0, 0.1) is 0 Å². The van der Waals surface area contributed by atoms with Crippen molar-refractivity contribution < 1.29 is 14.7 Å². The van der Waals surface area contributed by atoms with E-state index in [1.807, 2.05) is 6.92 Å². The Kier molecular flexibility index (Phi) is 4.90. The van der Waals surface area contributed by atoms with E-state index in [-0.39, 0.29) is 17.1 Å². The fourth-order valence-electron chi connectivity index (χ4n) is 1.39. The van der Waals surface area contributed by atoms with E-state index in [1.165, 1.54) is 23.4 Å². The summed E-state index contributed by atoms with van der Waals surface area (Å²) in [5, 5.41) is 9.01. The van der Waals surface area contributed by atoms with E-state index in [9.17, 15) is 9.59 Å². The molecule has 0 radical (unpaired) electrons. The number of rotatable bonds is 5. The van der Waals surface area contributed by atoms with E-state index in [0.717, 1.165) is 0 Å². The van der Waals surface area contributed by atoms with Gasteiger partial charge in [-0.2, -0.15) is 0 Å². The molecule has 1 aromatic rings. The lowest BCUT2D eigenvalue weighted by molar-refractivity contribution is -0.137. The highest BCUT2D eigenvalue weighted by Crippen LogP contribution is 2.15. The lowest BCUT2D eigenvalue weighted by Gasteiger charge is -2.20. The first-order valence-electron chi connectivity index (χ1n) is 5.16. The largest absolute Gasteiger partial charge is 0.480 e. The molecule has 92 valence electrons. The maximum Gasteiger partial charge on any atom is 0.323 e. The van der Waals surface area contributed by atoms with Crippen LogP contribution in [0.3, 0.4) is 0 Å². The van der Waals surface area contributed by atoms with Crippen LogP contribution in [0.5, 0.6) is 0 Å². The summed E-state index contributed by atoms with van der Waals surface area (Å²) in [5.41, 5.74) is 0.226. The molecule has 1 amide bonds. The second-order valence-corrected chi connectivity index (χ2v) is 3.88. The third-order valence-electron chi connectivity index (χ3n) is 2.11. The smallest absolute Gasteiger partial charge is 0.323 e. The Morgan fingerprint density at radius 2 is 2.24 bits per heavy atom. The number of aliphatic carboxylic acids is 1. The summed E-state index contributed by atoms with van der Waals surface area (Å²) in [6.45, 7) is 1.90. The van der Waals surface area contributed by atoms with Gasteiger partial charge in [-0.15, -0.1) is 0 Å². The van der Waals surface area contributed by atoms with Gasteiger partial charge in [-0.3, -0.25) is 14.6 Å². The zero-order chi connectivity index (χ0) is 12.8. The molecule has 0 bridgehead atoms. The van der Waals surface area contributed by atoms with Gasteiger partial charge in [-0.1, -0.05) is 18.5 Å². The number of carboxylic acids is 1. The minimum absolute atomic E-state index is 0.226. The molecule has 0 unspecified atom stereocenters. The Hall–Kier alpha value is -1.62. The van der Waals surface area contributed by atoms with Crippen molar-refractivity contribution in [2.75, 3.05) is 13.1 Å². The van der Waals surface area contributed by atoms with E-state index in [2.05, 4.69) is 4.98 Å². The highest BCUT2D eigenvalue weighted by atomic mass is 35.5. The molecular weight excluding hydrogens is 244 g/mol. The van der Waals surface area contributed by atoms with Gasteiger partial charge in [0.2, 0.25) is 0 Å². The molecular formula is C11H13ClN2O3. The highest BCUT2D eigenvalue weighted by molar-refractivity contribution is 6.33. The number of carboxylic acid groups (broad SMARTS) is 1. The van der Waals surface area contributed by atoms with Gasteiger partial charge < -0.3 is 10.0 Å². The number of hydrogen-bond acceptors (Lipinski definition) is 3. The zero-order valence-electron chi connectivity index (χ0n) is 9.39. The number of nitrogens with zero attached hydrogens (tertiary/aromatic N) is 2. The normalized spacial score (nSPS) is 10.0. The number of pyridine rings is 1. The van der Waals surface area contributed by atoms with Crippen molar-refractivity contribution in [1.29, 1.82) is 0 Å². The maximum atomic E-state index is 12.0. The molecule has 0 aromatic carbocycles. The zero-order valence-corrected chi connectivity index (χ0v) is 10.1. The average molecular weight is 257 g/mol. The van der Waals surface area contributed by atoms with Crippen molar-refractivity contribution in [3.8, 4) is 0 Å². The monoisotopic (exact) mass is 256 g/mol. The Morgan fingerprint density at radius 3 is 2.76 bits per heavy atom. The number of amides is 1. The summed E-state index contributed by atoms with van der Waals surface area (Å²) in [5.74, 6) is -1.46. The van der Waals surface area contributed by atoms with Crippen molar-refractivity contribution >= 4 is 23.5 Å². The van der Waals surface area contributed by atoms with Crippen LogP contribution in [-0.2, 0) is 4.79 Å². The van der Waals surface area contributed by atoms with Crippen LogP contribution < -0.4 is 0 Å². The molecule has 1 heterocycles. The van der Waals surface area contributed by atoms with Crippen molar-refractivity contribution in [3.63, 3.8) is 0 Å². The van der Waals surface area contributed by atoms with Gasteiger partial charge in [0, 0.05) is 18.9 Å². The maximum absolute atomic E-state index is 12.0. The molecule has 0 aliphatic rings. The first-order valence-corrected chi connectivity index (χ1v) is 5.54. The quantitative estimate of drug-likeness (QED) is 0.870. The minimum Gasteiger partial charge on any atom is -0.480 e. The Bertz CT molecular complexity index is 423. The summed E-state index contributed by atoms with van der Waals surface area (Å²) >= 11 is 5.86. The molecule has 1 rings (SSSR count). The van der Waals surface area contributed by atoms with Gasteiger partial charge >= 0.3 is 5.97 Å². The second-order valence-electron chi connectivity index (χ2n) is 3.48. The van der Waals surface area contributed by atoms with Crippen LogP contribution in [0.4, 0.5) is 0 Å². The average Bonchev–Trinajstić information content (AvgIpc) is 2.28. The van der Waals surface area contributed by atoms with Gasteiger partial charge in [0.25, 0.3) is 5.91 Å².